The minimum atomic E-state index is 0.297. The second kappa shape index (κ2) is 7.37. The summed E-state index contributed by atoms with van der Waals surface area (Å²) in [7, 11) is 0. The van der Waals surface area contributed by atoms with Crippen LogP contribution in [0.2, 0.25) is 0 Å². The van der Waals surface area contributed by atoms with Crippen molar-refractivity contribution in [2.24, 2.45) is 0 Å². The van der Waals surface area contributed by atoms with Gasteiger partial charge in [0.2, 0.25) is 0 Å². The summed E-state index contributed by atoms with van der Waals surface area (Å²) in [4.78, 5) is 4.51. The van der Waals surface area contributed by atoms with Crippen molar-refractivity contribution in [3.63, 3.8) is 0 Å². The molecule has 0 aliphatic heterocycles. The topological polar surface area (TPSA) is 24.9 Å². The molecule has 0 bridgehead atoms. The standard InChI is InChI=1S/C19H26N2/c1-5-20-19(15(4)18-8-6-7-13-21-18)17-11-9-16(10-12-17)14(2)3/h6-15,19-20H,5H2,1-4H3. The fourth-order valence-corrected chi connectivity index (χ4v) is 2.71. The molecule has 0 radical (unpaired) electrons. The van der Waals surface area contributed by atoms with E-state index in [4.69, 9.17) is 0 Å². The molecule has 0 aliphatic rings. The van der Waals surface area contributed by atoms with Gasteiger partial charge >= 0.3 is 0 Å². The smallest absolute Gasteiger partial charge is 0.0450 e. The van der Waals surface area contributed by atoms with Gasteiger partial charge in [-0.3, -0.25) is 4.98 Å². The van der Waals surface area contributed by atoms with Crippen molar-refractivity contribution in [3.05, 3.63) is 65.5 Å². The van der Waals surface area contributed by atoms with Crippen LogP contribution >= 0.6 is 0 Å². The van der Waals surface area contributed by atoms with E-state index in [2.05, 4.69) is 74.4 Å². The molecule has 1 N–H and O–H groups in total. The van der Waals surface area contributed by atoms with E-state index in [1.165, 1.54) is 11.1 Å². The van der Waals surface area contributed by atoms with E-state index in [-0.39, 0.29) is 0 Å². The number of benzene rings is 1. The van der Waals surface area contributed by atoms with Gasteiger partial charge in [0.25, 0.3) is 0 Å². The summed E-state index contributed by atoms with van der Waals surface area (Å²) >= 11 is 0. The summed E-state index contributed by atoms with van der Waals surface area (Å²) in [5.41, 5.74) is 3.86. The first kappa shape index (κ1) is 15.7. The second-order valence-electron chi connectivity index (χ2n) is 5.90. The lowest BCUT2D eigenvalue weighted by atomic mass is 9.90. The molecule has 2 rings (SSSR count). The Morgan fingerprint density at radius 1 is 0.952 bits per heavy atom. The van der Waals surface area contributed by atoms with Crippen molar-refractivity contribution in [3.8, 4) is 0 Å². The average Bonchev–Trinajstić information content (AvgIpc) is 2.53. The molecular weight excluding hydrogens is 256 g/mol. The maximum absolute atomic E-state index is 4.51. The van der Waals surface area contributed by atoms with Crippen molar-refractivity contribution in [2.45, 2.75) is 45.6 Å². The minimum Gasteiger partial charge on any atom is -0.310 e. The highest BCUT2D eigenvalue weighted by Crippen LogP contribution is 2.30. The molecule has 2 aromatic rings. The van der Waals surface area contributed by atoms with E-state index < -0.39 is 0 Å². The number of likely N-dealkylation sites (N-methyl/N-ethyl adjacent to an activating group) is 1. The average molecular weight is 282 g/mol. The molecule has 1 heterocycles. The second-order valence-corrected chi connectivity index (χ2v) is 5.90. The minimum absolute atomic E-state index is 0.297. The summed E-state index contributed by atoms with van der Waals surface area (Å²) in [6, 6.07) is 15.4. The Kier molecular flexibility index (Phi) is 5.51. The third-order valence-electron chi connectivity index (χ3n) is 4.04. The Balaban J connectivity index is 2.26. The van der Waals surface area contributed by atoms with E-state index in [1.54, 1.807) is 0 Å². The van der Waals surface area contributed by atoms with Gasteiger partial charge in [-0.1, -0.05) is 58.0 Å². The van der Waals surface area contributed by atoms with Crippen molar-refractivity contribution in [2.75, 3.05) is 6.54 Å². The molecule has 2 atom stereocenters. The van der Waals surface area contributed by atoms with Gasteiger partial charge in [0.1, 0.15) is 0 Å². The highest BCUT2D eigenvalue weighted by atomic mass is 14.9. The maximum Gasteiger partial charge on any atom is 0.0450 e. The molecule has 2 unspecified atom stereocenters. The van der Waals surface area contributed by atoms with Crippen molar-refractivity contribution in [1.82, 2.24) is 10.3 Å². The number of hydrogen-bond donors (Lipinski definition) is 1. The van der Waals surface area contributed by atoms with Gasteiger partial charge in [0, 0.05) is 23.9 Å². The Hall–Kier alpha value is -1.67. The van der Waals surface area contributed by atoms with Crippen LogP contribution < -0.4 is 5.32 Å². The summed E-state index contributed by atoms with van der Waals surface area (Å²) in [6.07, 6.45) is 1.87. The van der Waals surface area contributed by atoms with Crippen LogP contribution in [0.15, 0.2) is 48.7 Å². The molecule has 0 fully saturated rings. The molecule has 112 valence electrons. The van der Waals surface area contributed by atoms with Crippen LogP contribution in [-0.2, 0) is 0 Å². The molecule has 21 heavy (non-hydrogen) atoms. The Morgan fingerprint density at radius 3 is 2.14 bits per heavy atom. The van der Waals surface area contributed by atoms with Crippen molar-refractivity contribution in [1.29, 1.82) is 0 Å². The number of aromatic nitrogens is 1. The molecule has 0 saturated carbocycles. The van der Waals surface area contributed by atoms with Crippen LogP contribution in [-0.4, -0.2) is 11.5 Å². The Labute approximate surface area is 128 Å². The molecule has 1 aromatic heterocycles. The van der Waals surface area contributed by atoms with Gasteiger partial charge < -0.3 is 5.32 Å². The molecular formula is C19H26N2. The lowest BCUT2D eigenvalue weighted by molar-refractivity contribution is 0.472. The molecule has 0 saturated heterocycles. The highest BCUT2D eigenvalue weighted by molar-refractivity contribution is 5.29. The zero-order chi connectivity index (χ0) is 15.2. The quantitative estimate of drug-likeness (QED) is 0.833. The van der Waals surface area contributed by atoms with Crippen molar-refractivity contribution >= 4 is 0 Å². The number of pyridine rings is 1. The largest absolute Gasteiger partial charge is 0.310 e. The van der Waals surface area contributed by atoms with E-state index >= 15 is 0 Å². The molecule has 2 nitrogen and oxygen atoms in total. The highest BCUT2D eigenvalue weighted by Gasteiger charge is 2.20. The van der Waals surface area contributed by atoms with E-state index in [1.807, 2.05) is 12.3 Å². The summed E-state index contributed by atoms with van der Waals surface area (Å²) in [5, 5.41) is 3.61. The summed E-state index contributed by atoms with van der Waals surface area (Å²) in [6.45, 7) is 9.81. The molecule has 0 spiro atoms. The first-order chi connectivity index (χ1) is 10.1. The first-order valence-electron chi connectivity index (χ1n) is 7.87. The van der Waals surface area contributed by atoms with Crippen molar-refractivity contribution < 1.29 is 0 Å². The Bertz CT molecular complexity index is 531. The lowest BCUT2D eigenvalue weighted by Gasteiger charge is -2.25. The van der Waals surface area contributed by atoms with Gasteiger partial charge in [-0.25, -0.2) is 0 Å². The van der Waals surface area contributed by atoms with E-state index in [0.29, 0.717) is 17.9 Å². The summed E-state index contributed by atoms with van der Waals surface area (Å²) in [5.74, 6) is 0.917. The van der Waals surface area contributed by atoms with Gasteiger partial charge in [-0.2, -0.15) is 0 Å². The van der Waals surface area contributed by atoms with Gasteiger partial charge in [-0.15, -0.1) is 0 Å². The fraction of sp³-hybridized carbons (Fsp3) is 0.421. The fourth-order valence-electron chi connectivity index (χ4n) is 2.71. The van der Waals surface area contributed by atoms with Gasteiger partial charge in [-0.05, 0) is 35.7 Å². The predicted molar refractivity (Wildman–Crippen MR) is 89.6 cm³/mol. The molecule has 0 aliphatic carbocycles. The van der Waals surface area contributed by atoms with E-state index in [9.17, 15) is 0 Å². The monoisotopic (exact) mass is 282 g/mol. The SMILES string of the molecule is CCNC(c1ccc(C(C)C)cc1)C(C)c1ccccn1. The lowest BCUT2D eigenvalue weighted by Crippen LogP contribution is -2.26. The number of rotatable bonds is 6. The van der Waals surface area contributed by atoms with E-state index in [0.717, 1.165) is 12.2 Å². The summed E-state index contributed by atoms with van der Waals surface area (Å²) < 4.78 is 0. The maximum atomic E-state index is 4.51. The molecule has 2 heteroatoms. The first-order valence-corrected chi connectivity index (χ1v) is 7.87. The predicted octanol–water partition coefficient (Wildman–Crippen LogP) is 4.66. The van der Waals surface area contributed by atoms with Gasteiger partial charge in [0.15, 0.2) is 0 Å². The third-order valence-corrected chi connectivity index (χ3v) is 4.04. The third kappa shape index (κ3) is 3.92. The van der Waals surface area contributed by atoms with Gasteiger partial charge in [0.05, 0.1) is 0 Å². The van der Waals surface area contributed by atoms with Crippen LogP contribution in [0, 0.1) is 0 Å². The zero-order valence-electron chi connectivity index (χ0n) is 13.5. The van der Waals surface area contributed by atoms with Crippen LogP contribution in [0.25, 0.3) is 0 Å². The number of nitrogens with one attached hydrogen (secondary N) is 1. The molecule has 1 aromatic carbocycles. The number of nitrogens with zero attached hydrogens (tertiary/aromatic N) is 1. The van der Waals surface area contributed by atoms with Crippen LogP contribution in [0.4, 0.5) is 0 Å². The van der Waals surface area contributed by atoms with Crippen LogP contribution in [0.3, 0.4) is 0 Å². The Morgan fingerprint density at radius 2 is 1.62 bits per heavy atom. The zero-order valence-corrected chi connectivity index (χ0v) is 13.5. The number of hydrogen-bond acceptors (Lipinski definition) is 2. The molecule has 0 amide bonds. The van der Waals surface area contributed by atoms with Crippen LogP contribution in [0.1, 0.15) is 62.4 Å². The van der Waals surface area contributed by atoms with Crippen LogP contribution in [0.5, 0.6) is 0 Å². The normalized spacial score (nSPS) is 14.1.